The topological polar surface area (TPSA) is 9.23 Å². The Morgan fingerprint density at radius 3 is 2.77 bits per heavy atom. The molecule has 0 amide bonds. The molecule has 0 spiro atoms. The second kappa shape index (κ2) is 4.08. The molecule has 0 N–H and O–H groups in total. The highest BCUT2D eigenvalue weighted by Gasteiger charge is 2.03. The predicted octanol–water partition coefficient (Wildman–Crippen LogP) is 3.30. The van der Waals surface area contributed by atoms with Crippen molar-refractivity contribution in [2.45, 2.75) is 20.3 Å². The first kappa shape index (κ1) is 9.78. The Balaban J connectivity index is 2.99. The van der Waals surface area contributed by atoms with Crippen molar-refractivity contribution in [2.75, 3.05) is 0 Å². The summed E-state index contributed by atoms with van der Waals surface area (Å²) < 4.78 is 18.1. The summed E-state index contributed by atoms with van der Waals surface area (Å²) in [6.45, 7) is 7.36. The van der Waals surface area contributed by atoms with Crippen LogP contribution in [0.1, 0.15) is 19.4 Å². The van der Waals surface area contributed by atoms with Crippen LogP contribution in [0.3, 0.4) is 0 Å². The average Bonchev–Trinajstić information content (AvgIpc) is 2.07. The van der Waals surface area contributed by atoms with Crippen molar-refractivity contribution in [3.8, 4) is 5.75 Å². The fraction of sp³-hybridized carbons (Fsp3) is 0.273. The highest BCUT2D eigenvalue weighted by molar-refractivity contribution is 5.34. The molecule has 1 rings (SSSR count). The first-order valence-corrected chi connectivity index (χ1v) is 4.25. The van der Waals surface area contributed by atoms with Crippen molar-refractivity contribution < 1.29 is 9.13 Å². The van der Waals surface area contributed by atoms with Crippen LogP contribution in [0.5, 0.6) is 5.75 Å². The van der Waals surface area contributed by atoms with Crippen molar-refractivity contribution in [3.63, 3.8) is 0 Å². The Labute approximate surface area is 77.8 Å². The van der Waals surface area contributed by atoms with Crippen LogP contribution in [0.15, 0.2) is 30.5 Å². The molecular formula is C11H13FO. The molecule has 2 heteroatoms. The van der Waals surface area contributed by atoms with Crippen LogP contribution in [0.25, 0.3) is 0 Å². The lowest BCUT2D eigenvalue weighted by Crippen LogP contribution is -1.94. The van der Waals surface area contributed by atoms with Gasteiger partial charge in [-0.15, -0.1) is 0 Å². The predicted molar refractivity (Wildman–Crippen MR) is 51.2 cm³/mol. The van der Waals surface area contributed by atoms with Gasteiger partial charge in [0.25, 0.3) is 0 Å². The van der Waals surface area contributed by atoms with Crippen LogP contribution in [-0.4, -0.2) is 0 Å². The minimum atomic E-state index is -0.231. The number of allylic oxidation sites excluding steroid dienone is 1. The number of benzene rings is 1. The summed E-state index contributed by atoms with van der Waals surface area (Å²) in [5, 5.41) is 0. The van der Waals surface area contributed by atoms with E-state index >= 15 is 0 Å². The van der Waals surface area contributed by atoms with E-state index in [4.69, 9.17) is 4.74 Å². The van der Waals surface area contributed by atoms with E-state index in [9.17, 15) is 4.39 Å². The van der Waals surface area contributed by atoms with Crippen LogP contribution in [-0.2, 0) is 6.42 Å². The summed E-state index contributed by atoms with van der Waals surface area (Å²) in [6.07, 6.45) is 0.750. The minimum Gasteiger partial charge on any atom is -0.462 e. The van der Waals surface area contributed by atoms with Gasteiger partial charge in [-0.05, 0) is 37.1 Å². The Bertz CT molecular complexity index is 318. The molecule has 0 aliphatic heterocycles. The molecule has 0 unspecified atom stereocenters. The average molecular weight is 180 g/mol. The van der Waals surface area contributed by atoms with Crippen LogP contribution in [0, 0.1) is 5.82 Å². The third-order valence-corrected chi connectivity index (χ3v) is 1.69. The SMILES string of the molecule is C=C(C)Oc1ccc(F)cc1CC. The van der Waals surface area contributed by atoms with E-state index in [2.05, 4.69) is 6.58 Å². The number of hydrogen-bond donors (Lipinski definition) is 0. The van der Waals surface area contributed by atoms with E-state index in [0.29, 0.717) is 11.5 Å². The molecular weight excluding hydrogens is 167 g/mol. The quantitative estimate of drug-likeness (QED) is 0.648. The van der Waals surface area contributed by atoms with Crippen molar-refractivity contribution >= 4 is 0 Å². The van der Waals surface area contributed by atoms with E-state index in [-0.39, 0.29) is 5.82 Å². The maximum Gasteiger partial charge on any atom is 0.130 e. The van der Waals surface area contributed by atoms with Gasteiger partial charge in [0.05, 0.1) is 5.76 Å². The highest BCUT2D eigenvalue weighted by Crippen LogP contribution is 2.21. The van der Waals surface area contributed by atoms with Gasteiger partial charge in [0.1, 0.15) is 11.6 Å². The molecule has 0 heterocycles. The normalized spacial score (nSPS) is 9.77. The molecule has 0 radical (unpaired) electrons. The molecule has 1 aromatic rings. The molecule has 0 aromatic heterocycles. The molecule has 1 aromatic carbocycles. The highest BCUT2D eigenvalue weighted by atomic mass is 19.1. The zero-order valence-corrected chi connectivity index (χ0v) is 7.93. The maximum absolute atomic E-state index is 12.8. The Kier molecular flexibility index (Phi) is 3.07. The van der Waals surface area contributed by atoms with Crippen molar-refractivity contribution in [1.82, 2.24) is 0 Å². The van der Waals surface area contributed by atoms with Gasteiger partial charge in [0.2, 0.25) is 0 Å². The standard InChI is InChI=1S/C11H13FO/c1-4-9-7-10(12)5-6-11(9)13-8(2)3/h5-7H,2,4H2,1,3H3. The number of rotatable bonds is 3. The van der Waals surface area contributed by atoms with Crippen LogP contribution < -0.4 is 4.74 Å². The molecule has 0 aliphatic carbocycles. The molecule has 13 heavy (non-hydrogen) atoms. The van der Waals surface area contributed by atoms with Gasteiger partial charge in [-0.2, -0.15) is 0 Å². The Hall–Kier alpha value is -1.31. The first-order valence-electron chi connectivity index (χ1n) is 4.25. The van der Waals surface area contributed by atoms with Gasteiger partial charge in [0, 0.05) is 0 Å². The zero-order chi connectivity index (χ0) is 9.84. The lowest BCUT2D eigenvalue weighted by Gasteiger charge is -2.08. The van der Waals surface area contributed by atoms with Gasteiger partial charge in [-0.1, -0.05) is 13.5 Å². The molecule has 0 atom stereocenters. The molecule has 70 valence electrons. The maximum atomic E-state index is 12.8. The van der Waals surface area contributed by atoms with E-state index < -0.39 is 0 Å². The lowest BCUT2D eigenvalue weighted by molar-refractivity contribution is 0.424. The lowest BCUT2D eigenvalue weighted by atomic mass is 10.1. The molecule has 0 bridgehead atoms. The Morgan fingerprint density at radius 2 is 2.23 bits per heavy atom. The van der Waals surface area contributed by atoms with Crippen LogP contribution in [0.4, 0.5) is 4.39 Å². The van der Waals surface area contributed by atoms with Gasteiger partial charge in [0.15, 0.2) is 0 Å². The fourth-order valence-electron chi connectivity index (χ4n) is 1.11. The fourth-order valence-corrected chi connectivity index (χ4v) is 1.11. The zero-order valence-electron chi connectivity index (χ0n) is 7.93. The number of hydrogen-bond acceptors (Lipinski definition) is 1. The summed E-state index contributed by atoms with van der Waals surface area (Å²) in [4.78, 5) is 0. The van der Waals surface area contributed by atoms with E-state index in [1.807, 2.05) is 6.92 Å². The van der Waals surface area contributed by atoms with Crippen molar-refractivity contribution in [1.29, 1.82) is 0 Å². The molecule has 0 saturated carbocycles. The molecule has 0 aliphatic rings. The number of ether oxygens (including phenoxy) is 1. The van der Waals surface area contributed by atoms with Gasteiger partial charge < -0.3 is 4.74 Å². The number of halogens is 1. The Morgan fingerprint density at radius 1 is 1.54 bits per heavy atom. The third-order valence-electron chi connectivity index (χ3n) is 1.69. The number of aryl methyl sites for hydroxylation is 1. The summed E-state index contributed by atoms with van der Waals surface area (Å²) in [5.41, 5.74) is 0.864. The minimum absolute atomic E-state index is 0.231. The van der Waals surface area contributed by atoms with E-state index in [1.165, 1.54) is 12.1 Å². The van der Waals surface area contributed by atoms with E-state index in [0.717, 1.165) is 12.0 Å². The van der Waals surface area contributed by atoms with Gasteiger partial charge >= 0.3 is 0 Å². The van der Waals surface area contributed by atoms with Crippen molar-refractivity contribution in [3.05, 3.63) is 41.9 Å². The molecule has 0 fully saturated rings. The summed E-state index contributed by atoms with van der Waals surface area (Å²) >= 11 is 0. The summed E-state index contributed by atoms with van der Waals surface area (Å²) in [7, 11) is 0. The molecule has 0 saturated heterocycles. The second-order valence-corrected chi connectivity index (χ2v) is 2.91. The third kappa shape index (κ3) is 2.58. The van der Waals surface area contributed by atoms with Gasteiger partial charge in [-0.25, -0.2) is 4.39 Å². The van der Waals surface area contributed by atoms with Crippen LogP contribution in [0.2, 0.25) is 0 Å². The van der Waals surface area contributed by atoms with Crippen LogP contribution >= 0.6 is 0 Å². The first-order chi connectivity index (χ1) is 6.13. The van der Waals surface area contributed by atoms with Crippen molar-refractivity contribution in [2.24, 2.45) is 0 Å². The monoisotopic (exact) mass is 180 g/mol. The van der Waals surface area contributed by atoms with E-state index in [1.54, 1.807) is 13.0 Å². The smallest absolute Gasteiger partial charge is 0.130 e. The largest absolute Gasteiger partial charge is 0.462 e. The summed E-state index contributed by atoms with van der Waals surface area (Å²) in [6, 6.07) is 4.50. The second-order valence-electron chi connectivity index (χ2n) is 2.91. The van der Waals surface area contributed by atoms with Gasteiger partial charge in [-0.3, -0.25) is 0 Å². The summed E-state index contributed by atoms with van der Waals surface area (Å²) in [5.74, 6) is 1.07. The molecule has 1 nitrogen and oxygen atoms in total.